The number of nitrogens with zero attached hydrogens (tertiary/aromatic N) is 1. The summed E-state index contributed by atoms with van der Waals surface area (Å²) < 4.78 is 0. The van der Waals surface area contributed by atoms with Gasteiger partial charge in [-0.1, -0.05) is 190 Å². The van der Waals surface area contributed by atoms with E-state index in [1.165, 1.54) is 103 Å². The van der Waals surface area contributed by atoms with Gasteiger partial charge in [-0.2, -0.15) is 0 Å². The monoisotopic (exact) mass is 747 g/mol. The standard InChI is InChI=1S/C57H49N/c1-4-5-22-44-38-42-23-13-14-24-43(42)39-54(44)58(53-34-21-31-49-48-30-16-17-32-50(48)56(55(49)53)35-19-8-20-36-56)40(2)37-52-41(3)47-29-15-18-33-51(47)57(52,45-25-9-6-10-26-45)46-27-11-7-12-28-46/h4-7,9-18,21-34,37-39H,1,8,19-20,35-36H2,2-3H3/b22-5-,40-37+. The summed E-state index contributed by atoms with van der Waals surface area (Å²) in [6.07, 6.45) is 14.8. The Bertz CT molecular complexity index is 2750. The molecule has 0 N–H and O–H groups in total. The van der Waals surface area contributed by atoms with E-state index >= 15 is 0 Å². The predicted octanol–water partition coefficient (Wildman–Crippen LogP) is 15.1. The summed E-state index contributed by atoms with van der Waals surface area (Å²) >= 11 is 0. The van der Waals surface area contributed by atoms with Crippen LogP contribution in [-0.2, 0) is 10.8 Å². The normalized spacial score (nSPS) is 16.4. The molecule has 7 aromatic carbocycles. The van der Waals surface area contributed by atoms with Crippen LogP contribution < -0.4 is 4.90 Å². The molecule has 1 nitrogen and oxygen atoms in total. The molecule has 0 aromatic heterocycles. The van der Waals surface area contributed by atoms with Gasteiger partial charge in [0.1, 0.15) is 0 Å². The Morgan fingerprint density at radius 2 is 1.17 bits per heavy atom. The van der Waals surface area contributed by atoms with E-state index in [2.05, 4.69) is 207 Å². The number of allylic oxidation sites excluding steroid dienone is 6. The average molecular weight is 748 g/mol. The smallest absolute Gasteiger partial charge is 0.0710 e. The van der Waals surface area contributed by atoms with Gasteiger partial charge in [0.05, 0.1) is 16.8 Å². The summed E-state index contributed by atoms with van der Waals surface area (Å²) in [6, 6.07) is 61.3. The summed E-state index contributed by atoms with van der Waals surface area (Å²) in [5, 5.41) is 2.45. The third kappa shape index (κ3) is 5.44. The molecule has 0 amide bonds. The Labute approximate surface area is 344 Å². The highest BCUT2D eigenvalue weighted by molar-refractivity contribution is 5.96. The van der Waals surface area contributed by atoms with E-state index in [0.29, 0.717) is 0 Å². The van der Waals surface area contributed by atoms with E-state index in [9.17, 15) is 0 Å². The van der Waals surface area contributed by atoms with Gasteiger partial charge in [-0.15, -0.1) is 0 Å². The van der Waals surface area contributed by atoms with Crippen LogP contribution in [-0.4, -0.2) is 0 Å². The van der Waals surface area contributed by atoms with Crippen LogP contribution in [0.4, 0.5) is 11.4 Å². The molecule has 0 atom stereocenters. The van der Waals surface area contributed by atoms with Crippen LogP contribution in [0.25, 0.3) is 33.5 Å². The summed E-state index contributed by atoms with van der Waals surface area (Å²) in [6.45, 7) is 8.76. The maximum Gasteiger partial charge on any atom is 0.0710 e. The van der Waals surface area contributed by atoms with Crippen LogP contribution >= 0.6 is 0 Å². The topological polar surface area (TPSA) is 3.24 Å². The molecule has 0 heterocycles. The first-order valence-electron chi connectivity index (χ1n) is 21.0. The highest BCUT2D eigenvalue weighted by Gasteiger charge is 2.48. The fraction of sp³-hybridized carbons (Fsp3) is 0.158. The van der Waals surface area contributed by atoms with Crippen LogP contribution in [0.2, 0.25) is 0 Å². The summed E-state index contributed by atoms with van der Waals surface area (Å²) in [5.74, 6) is 0. The van der Waals surface area contributed by atoms with Crippen molar-refractivity contribution in [3.8, 4) is 11.1 Å². The second kappa shape index (κ2) is 14.5. The number of rotatable bonds is 8. The summed E-state index contributed by atoms with van der Waals surface area (Å²) in [5.41, 5.74) is 17.8. The Kier molecular flexibility index (Phi) is 8.98. The second-order valence-electron chi connectivity index (χ2n) is 16.4. The van der Waals surface area contributed by atoms with E-state index in [1.54, 1.807) is 0 Å². The molecule has 0 aliphatic heterocycles. The highest BCUT2D eigenvalue weighted by Crippen LogP contribution is 2.60. The Morgan fingerprint density at radius 3 is 1.86 bits per heavy atom. The maximum atomic E-state index is 4.09. The minimum atomic E-state index is -0.509. The van der Waals surface area contributed by atoms with Gasteiger partial charge in [0.25, 0.3) is 0 Å². The summed E-state index contributed by atoms with van der Waals surface area (Å²) in [4.78, 5) is 2.61. The average Bonchev–Trinajstić information content (AvgIpc) is 3.69. The van der Waals surface area contributed by atoms with Gasteiger partial charge in [0.2, 0.25) is 0 Å². The van der Waals surface area contributed by atoms with E-state index in [1.807, 2.05) is 6.08 Å². The largest absolute Gasteiger partial charge is 0.314 e. The van der Waals surface area contributed by atoms with Gasteiger partial charge < -0.3 is 4.90 Å². The molecule has 282 valence electrons. The molecule has 3 aliphatic rings. The molecule has 0 bridgehead atoms. The van der Waals surface area contributed by atoms with Gasteiger partial charge >= 0.3 is 0 Å². The lowest BCUT2D eigenvalue weighted by Gasteiger charge is -2.40. The SMILES string of the molecule is C=C/C=C\c1cc2ccccc2cc1N(/C(C)=C/C1=C(C)c2ccccc2C1(c1ccccc1)c1ccccc1)c1cccc2c1C1(CCCCC1)c1ccccc1-2. The molecule has 1 fully saturated rings. The lowest BCUT2D eigenvalue weighted by atomic mass is 9.66. The van der Waals surface area contributed by atoms with Crippen LogP contribution in [0.3, 0.4) is 0 Å². The predicted molar refractivity (Wildman–Crippen MR) is 247 cm³/mol. The number of hydrogen-bond donors (Lipinski definition) is 0. The number of fused-ring (bicyclic) bond motifs is 7. The molecule has 1 heteroatoms. The summed E-state index contributed by atoms with van der Waals surface area (Å²) in [7, 11) is 0. The third-order valence-corrected chi connectivity index (χ3v) is 13.4. The number of anilines is 2. The van der Waals surface area contributed by atoms with Crippen molar-refractivity contribution in [2.75, 3.05) is 4.90 Å². The van der Waals surface area contributed by atoms with E-state index < -0.39 is 5.41 Å². The molecule has 1 spiro atoms. The first-order valence-corrected chi connectivity index (χ1v) is 21.0. The van der Waals surface area contributed by atoms with Crippen molar-refractivity contribution in [3.63, 3.8) is 0 Å². The van der Waals surface area contributed by atoms with Crippen molar-refractivity contribution in [1.82, 2.24) is 0 Å². The van der Waals surface area contributed by atoms with Crippen molar-refractivity contribution in [1.29, 1.82) is 0 Å². The zero-order chi connectivity index (χ0) is 39.3. The Balaban J connectivity index is 1.30. The second-order valence-corrected chi connectivity index (χ2v) is 16.4. The first-order chi connectivity index (χ1) is 28.6. The molecule has 10 rings (SSSR count). The van der Waals surface area contributed by atoms with Crippen LogP contribution in [0.5, 0.6) is 0 Å². The molecule has 0 unspecified atom stereocenters. The Hall–Kier alpha value is -6.44. The van der Waals surface area contributed by atoms with Crippen molar-refractivity contribution >= 4 is 33.8 Å². The minimum absolute atomic E-state index is 0.0378. The molecular weight excluding hydrogens is 699 g/mol. The van der Waals surface area contributed by atoms with Crippen molar-refractivity contribution in [3.05, 3.63) is 239 Å². The van der Waals surface area contributed by atoms with E-state index in [4.69, 9.17) is 0 Å². The first kappa shape index (κ1) is 35.9. The highest BCUT2D eigenvalue weighted by atomic mass is 15.2. The lowest BCUT2D eigenvalue weighted by molar-refractivity contribution is 0.353. The van der Waals surface area contributed by atoms with Gasteiger partial charge in [-0.3, -0.25) is 0 Å². The van der Waals surface area contributed by atoms with Crippen molar-refractivity contribution in [2.24, 2.45) is 0 Å². The molecule has 58 heavy (non-hydrogen) atoms. The van der Waals surface area contributed by atoms with E-state index in [0.717, 1.165) is 18.4 Å². The van der Waals surface area contributed by atoms with Gasteiger partial charge in [-0.25, -0.2) is 0 Å². The van der Waals surface area contributed by atoms with Crippen molar-refractivity contribution in [2.45, 2.75) is 56.8 Å². The minimum Gasteiger partial charge on any atom is -0.314 e. The molecule has 0 radical (unpaired) electrons. The lowest BCUT2D eigenvalue weighted by Crippen LogP contribution is -2.31. The zero-order valence-corrected chi connectivity index (χ0v) is 33.6. The maximum absolute atomic E-state index is 4.09. The number of hydrogen-bond acceptors (Lipinski definition) is 1. The van der Waals surface area contributed by atoms with Crippen molar-refractivity contribution < 1.29 is 0 Å². The van der Waals surface area contributed by atoms with Crippen LogP contribution in [0, 0.1) is 0 Å². The fourth-order valence-corrected chi connectivity index (χ4v) is 11.0. The van der Waals surface area contributed by atoms with Crippen LogP contribution in [0.15, 0.2) is 200 Å². The quantitative estimate of drug-likeness (QED) is 0.140. The van der Waals surface area contributed by atoms with Gasteiger partial charge in [-0.05, 0) is 123 Å². The Morgan fingerprint density at radius 1 is 0.586 bits per heavy atom. The van der Waals surface area contributed by atoms with Crippen LogP contribution in [0.1, 0.15) is 84.9 Å². The molecule has 0 saturated heterocycles. The van der Waals surface area contributed by atoms with Gasteiger partial charge in [0.15, 0.2) is 0 Å². The fourth-order valence-electron chi connectivity index (χ4n) is 11.0. The molecule has 3 aliphatic carbocycles. The molecular formula is C57H49N. The number of benzene rings is 7. The molecule has 7 aromatic rings. The third-order valence-electron chi connectivity index (χ3n) is 13.4. The molecule has 1 saturated carbocycles. The van der Waals surface area contributed by atoms with E-state index in [-0.39, 0.29) is 5.41 Å². The zero-order valence-electron chi connectivity index (χ0n) is 33.6. The van der Waals surface area contributed by atoms with Gasteiger partial charge in [0, 0.05) is 11.1 Å².